The highest BCUT2D eigenvalue weighted by molar-refractivity contribution is 5.79. The van der Waals surface area contributed by atoms with Crippen LogP contribution in [-0.2, 0) is 4.79 Å². The van der Waals surface area contributed by atoms with Crippen molar-refractivity contribution in [3.8, 4) is 5.88 Å². The van der Waals surface area contributed by atoms with Crippen molar-refractivity contribution in [3.05, 3.63) is 23.9 Å². The molecule has 1 aromatic rings. The monoisotopic (exact) mass is 275 g/mol. The van der Waals surface area contributed by atoms with Crippen LogP contribution in [-0.4, -0.2) is 42.5 Å². The zero-order valence-corrected chi connectivity index (χ0v) is 11.8. The van der Waals surface area contributed by atoms with Crippen LogP contribution < -0.4 is 10.1 Å². The lowest BCUT2D eigenvalue weighted by Crippen LogP contribution is -2.41. The van der Waals surface area contributed by atoms with Gasteiger partial charge in [0.15, 0.2) is 0 Å². The number of hydrogen-bond donors (Lipinski definition) is 1. The highest BCUT2D eigenvalue weighted by Gasteiger charge is 2.28. The Kier molecular flexibility index (Phi) is 3.87. The molecule has 1 fully saturated rings. The number of piperidine rings is 1. The van der Waals surface area contributed by atoms with Gasteiger partial charge in [0.1, 0.15) is 0 Å². The number of amides is 1. The first-order valence-corrected chi connectivity index (χ1v) is 7.30. The average molecular weight is 275 g/mol. The third-order valence-electron chi connectivity index (χ3n) is 4.23. The van der Waals surface area contributed by atoms with E-state index >= 15 is 0 Å². The molecule has 20 heavy (non-hydrogen) atoms. The summed E-state index contributed by atoms with van der Waals surface area (Å²) in [7, 11) is 2.11. The Bertz CT molecular complexity index is 484. The van der Waals surface area contributed by atoms with E-state index in [1.807, 2.05) is 12.1 Å². The minimum atomic E-state index is 0.0413. The number of hydrogen-bond acceptors (Lipinski definition) is 4. The lowest BCUT2D eigenvalue weighted by atomic mass is 9.95. The van der Waals surface area contributed by atoms with E-state index in [-0.39, 0.29) is 17.9 Å². The number of fused-ring (bicyclic) bond motifs is 1. The predicted molar refractivity (Wildman–Crippen MR) is 75.5 cm³/mol. The van der Waals surface area contributed by atoms with E-state index < -0.39 is 0 Å². The first kappa shape index (κ1) is 13.4. The average Bonchev–Trinajstić information content (AvgIpc) is 2.48. The first-order valence-electron chi connectivity index (χ1n) is 7.30. The SMILES string of the molecule is CN1CCC(C(=O)NC2CCOc3ncccc32)CC1. The molecule has 1 N–H and O–H groups in total. The van der Waals surface area contributed by atoms with Crippen LogP contribution >= 0.6 is 0 Å². The molecule has 3 heterocycles. The maximum absolute atomic E-state index is 12.4. The third-order valence-corrected chi connectivity index (χ3v) is 4.23. The van der Waals surface area contributed by atoms with Crippen molar-refractivity contribution >= 4 is 5.91 Å². The molecule has 1 aromatic heterocycles. The predicted octanol–water partition coefficient (Wildman–Crippen LogP) is 1.36. The van der Waals surface area contributed by atoms with Gasteiger partial charge in [-0.2, -0.15) is 0 Å². The number of aromatic nitrogens is 1. The van der Waals surface area contributed by atoms with Gasteiger partial charge in [0, 0.05) is 24.1 Å². The van der Waals surface area contributed by atoms with Gasteiger partial charge in [-0.05, 0) is 39.0 Å². The van der Waals surface area contributed by atoms with Crippen LogP contribution in [0.25, 0.3) is 0 Å². The number of ether oxygens (including phenoxy) is 1. The Labute approximate surface area is 119 Å². The second-order valence-corrected chi connectivity index (χ2v) is 5.67. The molecule has 1 unspecified atom stereocenters. The summed E-state index contributed by atoms with van der Waals surface area (Å²) in [5, 5.41) is 3.18. The minimum absolute atomic E-state index is 0.0413. The van der Waals surface area contributed by atoms with Gasteiger partial charge in [0.25, 0.3) is 0 Å². The molecule has 2 aliphatic heterocycles. The number of carbonyl (C=O) groups is 1. The van der Waals surface area contributed by atoms with Crippen LogP contribution in [0.5, 0.6) is 5.88 Å². The van der Waals surface area contributed by atoms with Crippen LogP contribution in [0, 0.1) is 5.92 Å². The number of rotatable bonds is 2. The highest BCUT2D eigenvalue weighted by Crippen LogP contribution is 2.30. The van der Waals surface area contributed by atoms with Gasteiger partial charge >= 0.3 is 0 Å². The van der Waals surface area contributed by atoms with Gasteiger partial charge < -0.3 is 15.0 Å². The summed E-state index contributed by atoms with van der Waals surface area (Å²) in [4.78, 5) is 18.9. The Hall–Kier alpha value is -1.62. The molecule has 5 nitrogen and oxygen atoms in total. The van der Waals surface area contributed by atoms with E-state index in [0.717, 1.165) is 37.9 Å². The molecule has 0 aromatic carbocycles. The molecule has 0 bridgehead atoms. The van der Waals surface area contributed by atoms with Crippen molar-refractivity contribution in [3.63, 3.8) is 0 Å². The fraction of sp³-hybridized carbons (Fsp3) is 0.600. The summed E-state index contributed by atoms with van der Waals surface area (Å²) in [6.45, 7) is 2.62. The minimum Gasteiger partial charge on any atom is -0.477 e. The molecular weight excluding hydrogens is 254 g/mol. The van der Waals surface area contributed by atoms with Gasteiger partial charge in [-0.1, -0.05) is 6.07 Å². The van der Waals surface area contributed by atoms with Crippen molar-refractivity contribution in [2.45, 2.75) is 25.3 Å². The van der Waals surface area contributed by atoms with E-state index in [9.17, 15) is 4.79 Å². The fourth-order valence-corrected chi connectivity index (χ4v) is 2.93. The molecule has 5 heteroatoms. The Morgan fingerprint density at radius 1 is 1.40 bits per heavy atom. The van der Waals surface area contributed by atoms with Crippen molar-refractivity contribution in [1.82, 2.24) is 15.2 Å². The fourth-order valence-electron chi connectivity index (χ4n) is 2.93. The van der Waals surface area contributed by atoms with Crippen molar-refractivity contribution < 1.29 is 9.53 Å². The summed E-state index contributed by atoms with van der Waals surface area (Å²) in [6.07, 6.45) is 4.44. The molecule has 0 radical (unpaired) electrons. The third kappa shape index (κ3) is 2.77. The Morgan fingerprint density at radius 3 is 3.00 bits per heavy atom. The van der Waals surface area contributed by atoms with E-state index in [4.69, 9.17) is 4.74 Å². The molecular formula is C15H21N3O2. The second-order valence-electron chi connectivity index (χ2n) is 5.67. The molecule has 1 atom stereocenters. The quantitative estimate of drug-likeness (QED) is 0.885. The summed E-state index contributed by atoms with van der Waals surface area (Å²) in [6, 6.07) is 3.92. The van der Waals surface area contributed by atoms with Gasteiger partial charge in [-0.3, -0.25) is 4.79 Å². The molecule has 0 spiro atoms. The molecule has 1 amide bonds. The van der Waals surface area contributed by atoms with E-state index in [1.165, 1.54) is 0 Å². The van der Waals surface area contributed by atoms with Gasteiger partial charge in [-0.25, -0.2) is 4.98 Å². The molecule has 2 aliphatic rings. The maximum Gasteiger partial charge on any atom is 0.223 e. The van der Waals surface area contributed by atoms with E-state index in [1.54, 1.807) is 6.20 Å². The van der Waals surface area contributed by atoms with Gasteiger partial charge in [0.2, 0.25) is 11.8 Å². The normalized spacial score (nSPS) is 23.8. The lowest BCUT2D eigenvalue weighted by Gasteiger charge is -2.31. The van der Waals surface area contributed by atoms with Crippen LogP contribution in [0.4, 0.5) is 0 Å². The molecule has 3 rings (SSSR count). The van der Waals surface area contributed by atoms with E-state index in [0.29, 0.717) is 12.5 Å². The largest absolute Gasteiger partial charge is 0.477 e. The first-order chi connectivity index (χ1) is 9.74. The topological polar surface area (TPSA) is 54.5 Å². The number of likely N-dealkylation sites (tertiary alicyclic amines) is 1. The highest BCUT2D eigenvalue weighted by atomic mass is 16.5. The van der Waals surface area contributed by atoms with Gasteiger partial charge in [-0.15, -0.1) is 0 Å². The zero-order valence-electron chi connectivity index (χ0n) is 11.8. The molecule has 1 saturated heterocycles. The summed E-state index contributed by atoms with van der Waals surface area (Å²) in [5.41, 5.74) is 1.00. The van der Waals surface area contributed by atoms with Crippen LogP contribution in [0.2, 0.25) is 0 Å². The van der Waals surface area contributed by atoms with Crippen LogP contribution in [0.3, 0.4) is 0 Å². The van der Waals surface area contributed by atoms with Crippen molar-refractivity contribution in [2.24, 2.45) is 5.92 Å². The second kappa shape index (κ2) is 5.79. The molecule has 108 valence electrons. The summed E-state index contributed by atoms with van der Waals surface area (Å²) >= 11 is 0. The summed E-state index contributed by atoms with van der Waals surface area (Å²) < 4.78 is 5.53. The number of nitrogens with one attached hydrogen (secondary N) is 1. The standard InChI is InChI=1S/C15H21N3O2/c1-18-8-4-11(5-9-18)14(19)17-13-6-10-20-15-12(13)3-2-7-16-15/h2-3,7,11,13H,4-6,8-10H2,1H3,(H,17,19). The maximum atomic E-state index is 12.4. The van der Waals surface area contributed by atoms with Crippen LogP contribution in [0.1, 0.15) is 30.9 Å². The molecule has 0 saturated carbocycles. The number of nitrogens with zero attached hydrogens (tertiary/aromatic N) is 2. The Balaban J connectivity index is 1.65. The number of pyridine rings is 1. The smallest absolute Gasteiger partial charge is 0.223 e. The summed E-state index contributed by atoms with van der Waals surface area (Å²) in [5.74, 6) is 0.987. The number of carbonyl (C=O) groups excluding carboxylic acids is 1. The Morgan fingerprint density at radius 2 is 2.20 bits per heavy atom. The van der Waals surface area contributed by atoms with Gasteiger partial charge in [0.05, 0.1) is 12.6 Å². The lowest BCUT2D eigenvalue weighted by molar-refractivity contribution is -0.127. The van der Waals surface area contributed by atoms with E-state index in [2.05, 4.69) is 22.2 Å². The molecule has 0 aliphatic carbocycles. The zero-order chi connectivity index (χ0) is 13.9. The van der Waals surface area contributed by atoms with Crippen molar-refractivity contribution in [2.75, 3.05) is 26.7 Å². The van der Waals surface area contributed by atoms with Crippen LogP contribution in [0.15, 0.2) is 18.3 Å². The van der Waals surface area contributed by atoms with Crippen molar-refractivity contribution in [1.29, 1.82) is 0 Å².